The summed E-state index contributed by atoms with van der Waals surface area (Å²) < 4.78 is 11.2. The van der Waals surface area contributed by atoms with E-state index < -0.39 is 0 Å². The van der Waals surface area contributed by atoms with Crippen LogP contribution in [0.2, 0.25) is 0 Å². The molecule has 0 radical (unpaired) electrons. The first-order valence-electron chi connectivity index (χ1n) is 6.52. The molecule has 102 valence electrons. The normalized spacial score (nSPS) is 30.2. The van der Waals surface area contributed by atoms with E-state index in [4.69, 9.17) is 9.47 Å². The maximum atomic E-state index is 12.5. The van der Waals surface area contributed by atoms with Crippen molar-refractivity contribution in [1.29, 1.82) is 0 Å². The SMILES string of the molecule is CO[C@H]1CN(C(=O)c2cnccn2)[C@@H]2CCCO[C@H]12. The number of carbonyl (C=O) groups is 1. The van der Waals surface area contributed by atoms with Crippen LogP contribution in [0.1, 0.15) is 23.3 Å². The van der Waals surface area contributed by atoms with Gasteiger partial charge >= 0.3 is 0 Å². The summed E-state index contributed by atoms with van der Waals surface area (Å²) in [6, 6.07) is 0.0909. The van der Waals surface area contributed by atoms with Crippen LogP contribution in [-0.2, 0) is 9.47 Å². The first-order chi connectivity index (χ1) is 9.31. The fraction of sp³-hybridized carbons (Fsp3) is 0.615. The average Bonchev–Trinajstić information content (AvgIpc) is 2.86. The number of methoxy groups -OCH3 is 1. The molecule has 0 bridgehead atoms. The van der Waals surface area contributed by atoms with Crippen LogP contribution in [0.15, 0.2) is 18.6 Å². The second-order valence-corrected chi connectivity index (χ2v) is 4.87. The van der Waals surface area contributed by atoms with Gasteiger partial charge in [0.2, 0.25) is 0 Å². The highest BCUT2D eigenvalue weighted by atomic mass is 16.5. The molecule has 0 spiro atoms. The molecular formula is C13H17N3O3. The Kier molecular flexibility index (Phi) is 3.44. The summed E-state index contributed by atoms with van der Waals surface area (Å²) in [5.41, 5.74) is 0.378. The van der Waals surface area contributed by atoms with Crippen molar-refractivity contribution in [2.24, 2.45) is 0 Å². The number of ether oxygens (including phenoxy) is 2. The molecule has 3 heterocycles. The number of amides is 1. The van der Waals surface area contributed by atoms with Crippen LogP contribution >= 0.6 is 0 Å². The van der Waals surface area contributed by atoms with Crippen LogP contribution in [0.3, 0.4) is 0 Å². The molecule has 0 unspecified atom stereocenters. The smallest absolute Gasteiger partial charge is 0.274 e. The molecule has 2 aliphatic heterocycles. The summed E-state index contributed by atoms with van der Waals surface area (Å²) in [6.07, 6.45) is 6.46. The fourth-order valence-corrected chi connectivity index (χ4v) is 2.91. The molecule has 1 aromatic heterocycles. The molecule has 6 heteroatoms. The molecule has 2 saturated heterocycles. The van der Waals surface area contributed by atoms with E-state index in [0.29, 0.717) is 12.2 Å². The highest BCUT2D eigenvalue weighted by Gasteiger charge is 2.46. The van der Waals surface area contributed by atoms with Gasteiger partial charge in [-0.15, -0.1) is 0 Å². The van der Waals surface area contributed by atoms with E-state index >= 15 is 0 Å². The van der Waals surface area contributed by atoms with E-state index in [-0.39, 0.29) is 24.2 Å². The Hall–Kier alpha value is -1.53. The van der Waals surface area contributed by atoms with Crippen LogP contribution in [0.25, 0.3) is 0 Å². The molecule has 0 N–H and O–H groups in total. The Morgan fingerprint density at radius 1 is 1.53 bits per heavy atom. The predicted octanol–water partition coefficient (Wildman–Crippen LogP) is 0.495. The first kappa shape index (κ1) is 12.5. The third kappa shape index (κ3) is 2.21. The molecule has 6 nitrogen and oxygen atoms in total. The lowest BCUT2D eigenvalue weighted by molar-refractivity contribution is -0.0639. The fourth-order valence-electron chi connectivity index (χ4n) is 2.91. The van der Waals surface area contributed by atoms with Crippen LogP contribution in [0.4, 0.5) is 0 Å². The number of aromatic nitrogens is 2. The quantitative estimate of drug-likeness (QED) is 0.777. The molecular weight excluding hydrogens is 246 g/mol. The molecule has 1 amide bonds. The minimum absolute atomic E-state index is 0.0145. The predicted molar refractivity (Wildman–Crippen MR) is 66.6 cm³/mol. The van der Waals surface area contributed by atoms with Crippen LogP contribution < -0.4 is 0 Å². The van der Waals surface area contributed by atoms with Crippen LogP contribution in [0, 0.1) is 0 Å². The van der Waals surface area contributed by atoms with Gasteiger partial charge in [0, 0.05) is 26.1 Å². The van der Waals surface area contributed by atoms with Crippen LogP contribution in [-0.4, -0.2) is 59.3 Å². The van der Waals surface area contributed by atoms with E-state index in [1.807, 2.05) is 4.90 Å². The lowest BCUT2D eigenvalue weighted by Crippen LogP contribution is -2.44. The standard InChI is InChI=1S/C13H17N3O3/c1-18-11-8-16(10-3-2-6-19-12(10)11)13(17)9-7-14-4-5-15-9/h4-5,7,10-12H,2-3,6,8H2,1H3/t10-,11+,12+/m1/s1. The van der Waals surface area contributed by atoms with Crippen molar-refractivity contribution >= 4 is 5.91 Å². The third-order valence-electron chi connectivity index (χ3n) is 3.82. The van der Waals surface area contributed by atoms with E-state index in [9.17, 15) is 4.79 Å². The second-order valence-electron chi connectivity index (χ2n) is 4.87. The monoisotopic (exact) mass is 263 g/mol. The third-order valence-corrected chi connectivity index (χ3v) is 3.82. The molecule has 0 aliphatic carbocycles. The van der Waals surface area contributed by atoms with Gasteiger partial charge in [-0.3, -0.25) is 9.78 Å². The first-order valence-corrected chi connectivity index (χ1v) is 6.52. The summed E-state index contributed by atoms with van der Waals surface area (Å²) in [7, 11) is 1.66. The molecule has 2 fully saturated rings. The zero-order valence-electron chi connectivity index (χ0n) is 10.9. The Labute approximate surface area is 111 Å². The molecule has 19 heavy (non-hydrogen) atoms. The summed E-state index contributed by atoms with van der Waals surface area (Å²) in [5.74, 6) is -0.0897. The number of likely N-dealkylation sites (tertiary alicyclic amines) is 1. The van der Waals surface area contributed by atoms with E-state index in [1.54, 1.807) is 13.3 Å². The maximum Gasteiger partial charge on any atom is 0.274 e. The molecule has 2 aliphatic rings. The van der Waals surface area contributed by atoms with Gasteiger partial charge in [-0.2, -0.15) is 0 Å². The molecule has 3 rings (SSSR count). The van der Waals surface area contributed by atoms with Gasteiger partial charge in [0.1, 0.15) is 17.9 Å². The van der Waals surface area contributed by atoms with E-state index in [0.717, 1.165) is 19.4 Å². The van der Waals surface area contributed by atoms with Crippen molar-refractivity contribution in [1.82, 2.24) is 14.9 Å². The van der Waals surface area contributed by atoms with Crippen molar-refractivity contribution in [3.8, 4) is 0 Å². The van der Waals surface area contributed by atoms with Crippen molar-refractivity contribution in [2.75, 3.05) is 20.3 Å². The number of hydrogen-bond donors (Lipinski definition) is 0. The van der Waals surface area contributed by atoms with Gasteiger partial charge in [0.25, 0.3) is 5.91 Å². The lowest BCUT2D eigenvalue weighted by Gasteiger charge is -2.31. The van der Waals surface area contributed by atoms with Crippen molar-refractivity contribution in [3.63, 3.8) is 0 Å². The summed E-state index contributed by atoms with van der Waals surface area (Å²) in [6.45, 7) is 1.30. The number of hydrogen-bond acceptors (Lipinski definition) is 5. The Balaban J connectivity index is 1.82. The molecule has 1 aromatic rings. The van der Waals surface area contributed by atoms with Crippen LogP contribution in [0.5, 0.6) is 0 Å². The van der Waals surface area contributed by atoms with Gasteiger partial charge in [0.15, 0.2) is 0 Å². The largest absolute Gasteiger partial charge is 0.377 e. The van der Waals surface area contributed by atoms with Gasteiger partial charge in [-0.25, -0.2) is 4.98 Å². The van der Waals surface area contributed by atoms with Gasteiger partial charge < -0.3 is 14.4 Å². The van der Waals surface area contributed by atoms with Gasteiger partial charge in [0.05, 0.1) is 18.8 Å². The maximum absolute atomic E-state index is 12.5. The Morgan fingerprint density at radius 2 is 2.42 bits per heavy atom. The summed E-state index contributed by atoms with van der Waals surface area (Å²) >= 11 is 0. The molecule has 0 saturated carbocycles. The second kappa shape index (κ2) is 5.22. The topological polar surface area (TPSA) is 64.5 Å². The zero-order chi connectivity index (χ0) is 13.2. The van der Waals surface area contributed by atoms with Gasteiger partial charge in [-0.1, -0.05) is 0 Å². The summed E-state index contributed by atoms with van der Waals surface area (Å²) in [4.78, 5) is 22.3. The number of carbonyl (C=O) groups excluding carboxylic acids is 1. The minimum atomic E-state index is -0.0897. The van der Waals surface area contributed by atoms with Crippen molar-refractivity contribution in [3.05, 3.63) is 24.3 Å². The van der Waals surface area contributed by atoms with Crippen molar-refractivity contribution in [2.45, 2.75) is 31.1 Å². The lowest BCUT2D eigenvalue weighted by atomic mass is 10.0. The minimum Gasteiger partial charge on any atom is -0.377 e. The van der Waals surface area contributed by atoms with E-state index in [2.05, 4.69) is 9.97 Å². The molecule has 0 aromatic carbocycles. The zero-order valence-corrected chi connectivity index (χ0v) is 10.9. The average molecular weight is 263 g/mol. The van der Waals surface area contributed by atoms with Gasteiger partial charge in [-0.05, 0) is 12.8 Å². The highest BCUT2D eigenvalue weighted by Crippen LogP contribution is 2.31. The summed E-state index contributed by atoms with van der Waals surface area (Å²) in [5, 5.41) is 0. The molecule has 3 atom stereocenters. The Morgan fingerprint density at radius 3 is 3.16 bits per heavy atom. The van der Waals surface area contributed by atoms with Crippen molar-refractivity contribution < 1.29 is 14.3 Å². The highest BCUT2D eigenvalue weighted by molar-refractivity contribution is 5.92. The number of fused-ring (bicyclic) bond motifs is 1. The Bertz CT molecular complexity index is 454. The number of nitrogens with zero attached hydrogens (tertiary/aromatic N) is 3. The number of rotatable bonds is 2. The van der Waals surface area contributed by atoms with E-state index in [1.165, 1.54) is 12.4 Å².